The number of nitrogens with zero attached hydrogens (tertiary/aromatic N) is 6. The minimum atomic E-state index is -0.335. The van der Waals surface area contributed by atoms with Gasteiger partial charge in [-0.15, -0.1) is 5.10 Å². The topological polar surface area (TPSA) is 85.2 Å². The molecule has 0 atom stereocenters. The van der Waals surface area contributed by atoms with Crippen LogP contribution in [0.2, 0.25) is 0 Å². The Kier molecular flexibility index (Phi) is 3.77. The molecule has 0 spiro atoms. The zero-order valence-corrected chi connectivity index (χ0v) is 13.4. The van der Waals surface area contributed by atoms with E-state index in [1.807, 2.05) is 19.1 Å². The van der Waals surface area contributed by atoms with Crippen LogP contribution in [0.4, 0.5) is 4.39 Å². The first-order valence-corrected chi connectivity index (χ1v) is 7.69. The van der Waals surface area contributed by atoms with Crippen molar-refractivity contribution >= 4 is 0 Å². The van der Waals surface area contributed by atoms with E-state index < -0.39 is 0 Å². The van der Waals surface area contributed by atoms with E-state index in [1.54, 1.807) is 29.2 Å². The molecular weight excluding hydrogens is 321 g/mol. The van der Waals surface area contributed by atoms with Crippen LogP contribution in [0.5, 0.6) is 0 Å². The van der Waals surface area contributed by atoms with Crippen LogP contribution < -0.4 is 0 Å². The number of aryl methyl sites for hydroxylation is 1. The summed E-state index contributed by atoms with van der Waals surface area (Å²) >= 11 is 0. The lowest BCUT2D eigenvalue weighted by molar-refractivity contribution is 0.624. The number of nitrogens with one attached hydrogen (secondary N) is 1. The molecule has 0 unspecified atom stereocenters. The Morgan fingerprint density at radius 2 is 1.96 bits per heavy atom. The van der Waals surface area contributed by atoms with E-state index in [4.69, 9.17) is 0 Å². The van der Waals surface area contributed by atoms with Crippen LogP contribution in [0, 0.1) is 12.7 Å². The quantitative estimate of drug-likeness (QED) is 0.619. The summed E-state index contributed by atoms with van der Waals surface area (Å²) in [7, 11) is 0. The minimum absolute atomic E-state index is 0.335. The monoisotopic (exact) mass is 335 g/mol. The molecule has 4 aromatic rings. The summed E-state index contributed by atoms with van der Waals surface area (Å²) in [5, 5.41) is 11.5. The van der Waals surface area contributed by atoms with Gasteiger partial charge in [0.15, 0.2) is 11.6 Å². The third-order valence-corrected chi connectivity index (χ3v) is 3.63. The lowest BCUT2D eigenvalue weighted by atomic mass is 10.2. The van der Waals surface area contributed by atoms with E-state index >= 15 is 0 Å². The third kappa shape index (κ3) is 3.14. The Hall–Kier alpha value is -3.42. The molecule has 0 bridgehead atoms. The fraction of sp³-hybridized carbons (Fsp3) is 0.118. The number of aromatic nitrogens is 7. The van der Waals surface area contributed by atoms with Crippen LogP contribution in [0.3, 0.4) is 0 Å². The highest BCUT2D eigenvalue weighted by molar-refractivity contribution is 5.54. The summed E-state index contributed by atoms with van der Waals surface area (Å²) in [6.45, 7) is 1.83. The summed E-state index contributed by atoms with van der Waals surface area (Å²) < 4.78 is 15.3. The Morgan fingerprint density at radius 3 is 2.68 bits per heavy atom. The third-order valence-electron chi connectivity index (χ3n) is 3.63. The second-order valence-corrected chi connectivity index (χ2v) is 5.49. The van der Waals surface area contributed by atoms with Crippen molar-refractivity contribution in [2.24, 2.45) is 0 Å². The van der Waals surface area contributed by atoms with Crippen molar-refractivity contribution in [2.75, 3.05) is 0 Å². The Labute approximate surface area is 142 Å². The molecule has 0 saturated carbocycles. The van der Waals surface area contributed by atoms with Gasteiger partial charge in [-0.3, -0.25) is 10.1 Å². The molecule has 8 heteroatoms. The summed E-state index contributed by atoms with van der Waals surface area (Å²) in [5.41, 5.74) is 1.42. The Morgan fingerprint density at radius 1 is 1.12 bits per heavy atom. The predicted octanol–water partition coefficient (Wildman–Crippen LogP) is 2.49. The number of aromatic amines is 1. The van der Waals surface area contributed by atoms with E-state index in [1.165, 1.54) is 12.1 Å². The minimum Gasteiger partial charge on any atom is -0.265 e. The molecule has 3 heterocycles. The average molecular weight is 335 g/mol. The van der Waals surface area contributed by atoms with Gasteiger partial charge in [0, 0.05) is 18.0 Å². The van der Waals surface area contributed by atoms with Gasteiger partial charge in [-0.2, -0.15) is 5.10 Å². The van der Waals surface area contributed by atoms with Crippen molar-refractivity contribution in [1.82, 2.24) is 34.9 Å². The van der Waals surface area contributed by atoms with Crippen LogP contribution in [0.25, 0.3) is 17.1 Å². The highest BCUT2D eigenvalue weighted by Gasteiger charge is 2.16. The zero-order valence-electron chi connectivity index (χ0n) is 13.4. The lowest BCUT2D eigenvalue weighted by Gasteiger charge is -2.04. The second-order valence-electron chi connectivity index (χ2n) is 5.49. The summed E-state index contributed by atoms with van der Waals surface area (Å²) in [5.74, 6) is 2.15. The first-order valence-electron chi connectivity index (χ1n) is 7.69. The van der Waals surface area contributed by atoms with Gasteiger partial charge >= 0.3 is 0 Å². The molecule has 25 heavy (non-hydrogen) atoms. The van der Waals surface area contributed by atoms with E-state index in [9.17, 15) is 4.39 Å². The van der Waals surface area contributed by atoms with Gasteiger partial charge in [0.25, 0.3) is 0 Å². The van der Waals surface area contributed by atoms with E-state index in [2.05, 4.69) is 30.2 Å². The molecule has 0 fully saturated rings. The first-order chi connectivity index (χ1) is 12.2. The smallest absolute Gasteiger partial charge is 0.181 e. The average Bonchev–Trinajstić information content (AvgIpc) is 3.22. The molecule has 0 amide bonds. The van der Waals surface area contributed by atoms with Gasteiger partial charge < -0.3 is 0 Å². The van der Waals surface area contributed by atoms with Gasteiger partial charge in [0.05, 0.1) is 12.1 Å². The van der Waals surface area contributed by atoms with E-state index in [0.29, 0.717) is 29.6 Å². The molecule has 1 aromatic carbocycles. The number of benzene rings is 1. The molecule has 0 saturated heterocycles. The largest absolute Gasteiger partial charge is 0.265 e. The van der Waals surface area contributed by atoms with Crippen LogP contribution in [-0.2, 0) is 6.42 Å². The maximum absolute atomic E-state index is 13.6. The van der Waals surface area contributed by atoms with Gasteiger partial charge in [-0.05, 0) is 37.3 Å². The SMILES string of the molecule is Cc1nc(Cc2nc(-c3ccncc3)nn2-c2cccc(F)c2)n[nH]1. The maximum atomic E-state index is 13.6. The first kappa shape index (κ1) is 15.1. The molecule has 0 aliphatic heterocycles. The highest BCUT2D eigenvalue weighted by atomic mass is 19.1. The van der Waals surface area contributed by atoms with Gasteiger partial charge in [0.2, 0.25) is 0 Å². The highest BCUT2D eigenvalue weighted by Crippen LogP contribution is 2.19. The number of hydrogen-bond acceptors (Lipinski definition) is 5. The van der Waals surface area contributed by atoms with Gasteiger partial charge in [-0.1, -0.05) is 6.07 Å². The number of hydrogen-bond donors (Lipinski definition) is 1. The van der Waals surface area contributed by atoms with E-state index in [0.717, 1.165) is 11.4 Å². The second kappa shape index (κ2) is 6.23. The molecular formula is C17H14FN7. The van der Waals surface area contributed by atoms with Crippen molar-refractivity contribution < 1.29 is 4.39 Å². The zero-order chi connectivity index (χ0) is 17.2. The molecule has 7 nitrogen and oxygen atoms in total. The molecule has 1 N–H and O–H groups in total. The molecule has 0 aliphatic carbocycles. The van der Waals surface area contributed by atoms with E-state index in [-0.39, 0.29) is 5.82 Å². The van der Waals surface area contributed by atoms with Crippen molar-refractivity contribution in [3.8, 4) is 17.1 Å². The molecule has 4 rings (SSSR count). The Bertz CT molecular complexity index is 1010. The van der Waals surface area contributed by atoms with Crippen LogP contribution in [-0.4, -0.2) is 34.9 Å². The summed E-state index contributed by atoms with van der Waals surface area (Å²) in [6, 6.07) is 9.87. The number of rotatable bonds is 4. The molecule has 0 aliphatic rings. The summed E-state index contributed by atoms with van der Waals surface area (Å²) in [6.07, 6.45) is 3.73. The van der Waals surface area contributed by atoms with Crippen molar-refractivity contribution in [3.63, 3.8) is 0 Å². The van der Waals surface area contributed by atoms with Crippen LogP contribution >= 0.6 is 0 Å². The van der Waals surface area contributed by atoms with Crippen molar-refractivity contribution in [3.05, 3.63) is 72.1 Å². The number of pyridine rings is 1. The van der Waals surface area contributed by atoms with Crippen molar-refractivity contribution in [2.45, 2.75) is 13.3 Å². The maximum Gasteiger partial charge on any atom is 0.181 e. The fourth-order valence-corrected chi connectivity index (χ4v) is 2.51. The Balaban J connectivity index is 1.81. The molecule has 124 valence electrons. The van der Waals surface area contributed by atoms with Gasteiger partial charge in [-0.25, -0.2) is 19.0 Å². The van der Waals surface area contributed by atoms with Crippen molar-refractivity contribution in [1.29, 1.82) is 0 Å². The van der Waals surface area contributed by atoms with Crippen LogP contribution in [0.1, 0.15) is 17.5 Å². The predicted molar refractivity (Wildman–Crippen MR) is 88.5 cm³/mol. The van der Waals surface area contributed by atoms with Crippen LogP contribution in [0.15, 0.2) is 48.8 Å². The molecule has 0 radical (unpaired) electrons. The summed E-state index contributed by atoms with van der Waals surface area (Å²) in [4.78, 5) is 12.9. The molecule has 3 aromatic heterocycles. The standard InChI is InChI=1S/C17H14FN7/c1-11-20-15(23-22-11)10-16-21-17(12-5-7-19-8-6-12)24-25(16)14-4-2-3-13(18)9-14/h2-9H,10H2,1H3,(H,20,22,23). The fourth-order valence-electron chi connectivity index (χ4n) is 2.51. The lowest BCUT2D eigenvalue weighted by Crippen LogP contribution is -2.05. The normalized spacial score (nSPS) is 11.0. The number of halogens is 1. The number of H-pyrrole nitrogens is 1. The van der Waals surface area contributed by atoms with Gasteiger partial charge in [0.1, 0.15) is 17.5 Å².